The van der Waals surface area contributed by atoms with Crippen LogP contribution in [0.3, 0.4) is 0 Å². The van der Waals surface area contributed by atoms with Gasteiger partial charge in [0.15, 0.2) is 0 Å². The van der Waals surface area contributed by atoms with Crippen LogP contribution >= 0.6 is 0 Å². The van der Waals surface area contributed by atoms with Gasteiger partial charge in [-0.1, -0.05) is 17.2 Å². The molecule has 0 N–H and O–H groups in total. The Hall–Kier alpha value is -2.00. The van der Waals surface area contributed by atoms with Crippen LogP contribution in [-0.2, 0) is 6.42 Å². The van der Waals surface area contributed by atoms with Crippen molar-refractivity contribution in [2.45, 2.75) is 6.42 Å². The molecule has 16 heavy (non-hydrogen) atoms. The first kappa shape index (κ1) is 12.1. The van der Waals surface area contributed by atoms with Crippen LogP contribution in [0.5, 0.6) is 0 Å². The lowest BCUT2D eigenvalue weighted by Crippen LogP contribution is -2.21. The van der Waals surface area contributed by atoms with Gasteiger partial charge >= 0.3 is 0 Å². The third-order valence-electron chi connectivity index (χ3n) is 2.17. The number of hydrogen-bond donors (Lipinski definition) is 0. The number of carbonyl (C=O) groups excluding carboxylic acids is 1. The molecule has 0 radical (unpaired) electrons. The molecule has 5 heteroatoms. The monoisotopic (exact) mass is 218 g/mol. The second-order valence-corrected chi connectivity index (χ2v) is 3.60. The number of nitrogens with zero attached hydrogens (tertiary/aromatic N) is 4. The highest BCUT2D eigenvalue weighted by atomic mass is 16.2. The predicted molar refractivity (Wildman–Crippen MR) is 62.2 cm³/mol. The molecule has 0 saturated carbocycles. The molecule has 0 saturated heterocycles. The second kappa shape index (κ2) is 5.78. The number of amides is 1. The normalized spacial score (nSPS) is 9.38. The summed E-state index contributed by atoms with van der Waals surface area (Å²) in [7, 11) is 3.44. The number of hydrogen-bond acceptors (Lipinski definition) is 2. The zero-order valence-corrected chi connectivity index (χ0v) is 9.42. The fraction of sp³-hybridized carbons (Fsp3) is 0.364. The molecule has 0 atom stereocenters. The van der Waals surface area contributed by atoms with E-state index in [1.54, 1.807) is 26.2 Å². The number of carbonyl (C=O) groups is 1. The van der Waals surface area contributed by atoms with Crippen molar-refractivity contribution < 1.29 is 4.79 Å². The molecule has 0 bridgehead atoms. The molecule has 5 nitrogen and oxygen atoms in total. The van der Waals surface area contributed by atoms with E-state index in [0.29, 0.717) is 18.5 Å². The zero-order valence-electron chi connectivity index (χ0n) is 9.42. The van der Waals surface area contributed by atoms with Crippen LogP contribution in [0.1, 0.15) is 15.9 Å². The summed E-state index contributed by atoms with van der Waals surface area (Å²) < 4.78 is 0. The van der Waals surface area contributed by atoms with Gasteiger partial charge in [0.25, 0.3) is 5.91 Å². The van der Waals surface area contributed by atoms with Crippen LogP contribution in [0, 0.1) is 0 Å². The Bertz CT molecular complexity index is 404. The Kier molecular flexibility index (Phi) is 4.36. The molecule has 0 aliphatic rings. The maximum Gasteiger partial charge on any atom is 0.253 e. The quantitative estimate of drug-likeness (QED) is 0.434. The average molecular weight is 218 g/mol. The van der Waals surface area contributed by atoms with Gasteiger partial charge in [-0.3, -0.25) is 4.79 Å². The van der Waals surface area contributed by atoms with E-state index in [2.05, 4.69) is 10.0 Å². The van der Waals surface area contributed by atoms with Crippen LogP contribution in [0.25, 0.3) is 10.4 Å². The van der Waals surface area contributed by atoms with Crippen molar-refractivity contribution in [3.63, 3.8) is 0 Å². The van der Waals surface area contributed by atoms with Crippen molar-refractivity contribution in [1.82, 2.24) is 4.90 Å². The highest BCUT2D eigenvalue weighted by Gasteiger charge is 2.06. The first-order valence-electron chi connectivity index (χ1n) is 4.96. The molecular formula is C11H14N4O. The summed E-state index contributed by atoms with van der Waals surface area (Å²) >= 11 is 0. The lowest BCUT2D eigenvalue weighted by Gasteiger charge is -2.10. The van der Waals surface area contributed by atoms with Crippen molar-refractivity contribution in [3.8, 4) is 0 Å². The Balaban J connectivity index is 2.67. The molecule has 1 aromatic carbocycles. The number of rotatable bonds is 4. The molecule has 1 amide bonds. The molecule has 0 spiro atoms. The molecule has 1 aromatic rings. The first-order valence-corrected chi connectivity index (χ1v) is 4.96. The highest BCUT2D eigenvalue weighted by molar-refractivity contribution is 5.93. The molecule has 0 aliphatic carbocycles. The minimum atomic E-state index is -0.0124. The lowest BCUT2D eigenvalue weighted by molar-refractivity contribution is 0.0827. The summed E-state index contributed by atoms with van der Waals surface area (Å²) in [4.78, 5) is 15.8. The van der Waals surface area contributed by atoms with E-state index in [9.17, 15) is 4.79 Å². The number of azide groups is 1. The fourth-order valence-corrected chi connectivity index (χ4v) is 1.30. The van der Waals surface area contributed by atoms with Gasteiger partial charge in [-0.05, 0) is 29.6 Å². The van der Waals surface area contributed by atoms with Gasteiger partial charge in [0.1, 0.15) is 0 Å². The Labute approximate surface area is 94.3 Å². The van der Waals surface area contributed by atoms with Crippen LogP contribution in [-0.4, -0.2) is 31.4 Å². The van der Waals surface area contributed by atoms with Crippen LogP contribution in [0.4, 0.5) is 0 Å². The van der Waals surface area contributed by atoms with E-state index in [-0.39, 0.29) is 5.91 Å². The van der Waals surface area contributed by atoms with Crippen molar-refractivity contribution in [3.05, 3.63) is 45.8 Å². The van der Waals surface area contributed by atoms with Gasteiger partial charge in [-0.2, -0.15) is 0 Å². The first-order chi connectivity index (χ1) is 7.65. The molecule has 1 rings (SSSR count). The van der Waals surface area contributed by atoms with E-state index < -0.39 is 0 Å². The van der Waals surface area contributed by atoms with Gasteiger partial charge in [-0.15, -0.1) is 0 Å². The SMILES string of the molecule is CN(C)C(=O)c1ccc(CCN=[N+]=[N-])cc1. The van der Waals surface area contributed by atoms with E-state index in [0.717, 1.165) is 5.56 Å². The molecular weight excluding hydrogens is 204 g/mol. The van der Waals surface area contributed by atoms with Crippen LogP contribution in [0.15, 0.2) is 29.4 Å². The van der Waals surface area contributed by atoms with Gasteiger partial charge < -0.3 is 4.90 Å². The lowest BCUT2D eigenvalue weighted by atomic mass is 10.1. The highest BCUT2D eigenvalue weighted by Crippen LogP contribution is 2.07. The minimum absolute atomic E-state index is 0.0124. The summed E-state index contributed by atoms with van der Waals surface area (Å²) in [5.41, 5.74) is 9.85. The molecule has 0 aromatic heterocycles. The Morgan fingerprint density at radius 1 is 1.38 bits per heavy atom. The van der Waals surface area contributed by atoms with Crippen molar-refractivity contribution in [1.29, 1.82) is 0 Å². The van der Waals surface area contributed by atoms with Gasteiger partial charge in [0, 0.05) is 31.1 Å². The van der Waals surface area contributed by atoms with Crippen molar-refractivity contribution in [2.24, 2.45) is 5.11 Å². The third-order valence-corrected chi connectivity index (χ3v) is 2.17. The van der Waals surface area contributed by atoms with E-state index in [4.69, 9.17) is 5.53 Å². The second-order valence-electron chi connectivity index (χ2n) is 3.60. The number of benzene rings is 1. The Morgan fingerprint density at radius 2 is 2.00 bits per heavy atom. The van der Waals surface area contributed by atoms with E-state index >= 15 is 0 Å². The van der Waals surface area contributed by atoms with Crippen LogP contribution in [0.2, 0.25) is 0 Å². The van der Waals surface area contributed by atoms with E-state index in [1.807, 2.05) is 12.1 Å². The third kappa shape index (κ3) is 3.29. The maximum absolute atomic E-state index is 11.6. The van der Waals surface area contributed by atoms with Crippen molar-refractivity contribution in [2.75, 3.05) is 20.6 Å². The van der Waals surface area contributed by atoms with Gasteiger partial charge in [-0.25, -0.2) is 0 Å². The Morgan fingerprint density at radius 3 is 2.50 bits per heavy atom. The standard InChI is InChI=1S/C11H14N4O/c1-15(2)11(16)10-5-3-9(4-6-10)7-8-13-14-12/h3-6H,7-8H2,1-2H3. The van der Waals surface area contributed by atoms with Gasteiger partial charge in [0.05, 0.1) is 0 Å². The summed E-state index contributed by atoms with van der Waals surface area (Å²) in [6, 6.07) is 7.33. The molecule has 0 aliphatic heterocycles. The molecule has 0 unspecified atom stereocenters. The smallest absolute Gasteiger partial charge is 0.253 e. The topological polar surface area (TPSA) is 69.1 Å². The molecule has 84 valence electrons. The van der Waals surface area contributed by atoms with E-state index in [1.165, 1.54) is 4.90 Å². The summed E-state index contributed by atoms with van der Waals surface area (Å²) in [5, 5.41) is 3.46. The van der Waals surface area contributed by atoms with Gasteiger partial charge in [0.2, 0.25) is 0 Å². The predicted octanol–water partition coefficient (Wildman–Crippen LogP) is 2.24. The van der Waals surface area contributed by atoms with Crippen LogP contribution < -0.4 is 0 Å². The minimum Gasteiger partial charge on any atom is -0.345 e. The summed E-state index contributed by atoms with van der Waals surface area (Å²) in [6.07, 6.45) is 0.695. The molecule has 0 heterocycles. The zero-order chi connectivity index (χ0) is 12.0. The fourth-order valence-electron chi connectivity index (χ4n) is 1.30. The summed E-state index contributed by atoms with van der Waals surface area (Å²) in [6.45, 7) is 0.442. The maximum atomic E-state index is 11.6. The largest absolute Gasteiger partial charge is 0.345 e. The molecule has 0 fully saturated rings. The van der Waals surface area contributed by atoms with Crippen molar-refractivity contribution >= 4 is 5.91 Å². The average Bonchev–Trinajstić information content (AvgIpc) is 2.29. The summed E-state index contributed by atoms with van der Waals surface area (Å²) in [5.74, 6) is -0.0124.